The van der Waals surface area contributed by atoms with E-state index in [2.05, 4.69) is 13.8 Å². The highest BCUT2D eigenvalue weighted by Crippen LogP contribution is 2.71. The summed E-state index contributed by atoms with van der Waals surface area (Å²) >= 11 is 0. The Balaban J connectivity index is 0.902. The molecule has 8 rings (SSSR count). The summed E-state index contributed by atoms with van der Waals surface area (Å²) in [6.45, 7) is 4.15. The van der Waals surface area contributed by atoms with E-state index in [9.17, 15) is 61.0 Å². The fraction of sp³-hybridized carbons (Fsp3) is 0.833. The first kappa shape index (κ1) is 45.6. The molecular weight excluding hydrogens is 808 g/mol. The van der Waals surface area contributed by atoms with E-state index in [1.54, 1.807) is 13.0 Å². The van der Waals surface area contributed by atoms with Crippen LogP contribution in [0.1, 0.15) is 83.6 Å². The molecule has 19 nitrogen and oxygen atoms in total. The van der Waals surface area contributed by atoms with Crippen LogP contribution in [-0.2, 0) is 28.4 Å². The van der Waals surface area contributed by atoms with Gasteiger partial charge < -0.3 is 89.0 Å². The van der Waals surface area contributed by atoms with E-state index in [-0.39, 0.29) is 5.92 Å². The standard InChI is InChI=1S/C42H62O19/c1-18-34(60-38-33(52)30(49)35(24(16-44)59-38)61-37-31(50)28(47)27(46)23(15-43)58-37)29(48)32(51)36(56-18)57-21-8-10-39(2)20(14-21)5-6-25-41(53)11-9-22(19-4-7-26(45)55-17-19)40(41,3)12-13-42(25,39)54/h4,7,14,17-18,21-25,27-38,43-44,46-54H,5-6,8-13,15-16H2,1-3H3. The lowest BCUT2D eigenvalue weighted by atomic mass is 9.43. The van der Waals surface area contributed by atoms with Crippen LogP contribution in [0.3, 0.4) is 0 Å². The van der Waals surface area contributed by atoms with Gasteiger partial charge in [-0.2, -0.15) is 0 Å². The molecule has 3 aliphatic heterocycles. The Morgan fingerprint density at radius 3 is 1.95 bits per heavy atom. The van der Waals surface area contributed by atoms with Crippen LogP contribution in [-0.4, -0.2) is 179 Å². The zero-order valence-electron chi connectivity index (χ0n) is 34.5. The van der Waals surface area contributed by atoms with Crippen LogP contribution in [0.5, 0.6) is 0 Å². The number of aliphatic hydroxyl groups excluding tert-OH is 9. The van der Waals surface area contributed by atoms with Crippen molar-refractivity contribution < 1.29 is 89.0 Å². The first-order valence-electron chi connectivity index (χ1n) is 21.5. The highest BCUT2D eigenvalue weighted by Gasteiger charge is 2.72. The molecule has 0 bridgehead atoms. The van der Waals surface area contributed by atoms with Crippen LogP contribution >= 0.6 is 0 Å². The topological polar surface area (TPSA) is 308 Å². The molecule has 4 heterocycles. The normalized spacial score (nSPS) is 52.5. The van der Waals surface area contributed by atoms with Gasteiger partial charge in [0.1, 0.15) is 67.1 Å². The molecule has 7 aliphatic rings. The van der Waals surface area contributed by atoms with E-state index in [1.807, 2.05) is 6.08 Å². The van der Waals surface area contributed by atoms with Gasteiger partial charge in [-0.3, -0.25) is 0 Å². The Morgan fingerprint density at radius 2 is 1.30 bits per heavy atom. The number of fused-ring (bicyclic) bond motifs is 5. The van der Waals surface area contributed by atoms with Gasteiger partial charge in [0, 0.05) is 22.8 Å². The van der Waals surface area contributed by atoms with Gasteiger partial charge in [-0.25, -0.2) is 4.79 Å². The summed E-state index contributed by atoms with van der Waals surface area (Å²) in [5, 5.41) is 120. The summed E-state index contributed by atoms with van der Waals surface area (Å²) in [5.41, 5.74) is -2.12. The van der Waals surface area contributed by atoms with Crippen LogP contribution in [0.25, 0.3) is 0 Å². The Labute approximate surface area is 352 Å². The molecule has 6 fully saturated rings. The highest BCUT2D eigenvalue weighted by molar-refractivity contribution is 5.35. The molecule has 61 heavy (non-hydrogen) atoms. The third-order valence-electron chi connectivity index (χ3n) is 15.9. The summed E-state index contributed by atoms with van der Waals surface area (Å²) in [7, 11) is 0. The van der Waals surface area contributed by atoms with Crippen molar-refractivity contribution >= 4 is 0 Å². The number of hydrogen-bond donors (Lipinski definition) is 11. The minimum Gasteiger partial charge on any atom is -0.431 e. The molecule has 11 N–H and O–H groups in total. The molecule has 4 aliphatic carbocycles. The van der Waals surface area contributed by atoms with Crippen molar-refractivity contribution in [2.24, 2.45) is 16.7 Å². The highest BCUT2D eigenvalue weighted by atomic mass is 16.8. The summed E-state index contributed by atoms with van der Waals surface area (Å²) in [6, 6.07) is 3.18. The van der Waals surface area contributed by atoms with E-state index >= 15 is 0 Å². The van der Waals surface area contributed by atoms with Gasteiger partial charge in [-0.1, -0.05) is 25.5 Å². The second kappa shape index (κ2) is 16.8. The van der Waals surface area contributed by atoms with E-state index in [0.717, 1.165) is 11.1 Å². The second-order valence-electron chi connectivity index (χ2n) is 18.9. The minimum absolute atomic E-state index is 0.0330. The zero-order valence-corrected chi connectivity index (χ0v) is 34.5. The maximum atomic E-state index is 12.7. The van der Waals surface area contributed by atoms with Gasteiger partial charge in [0.15, 0.2) is 18.9 Å². The Kier molecular flexibility index (Phi) is 12.5. The van der Waals surface area contributed by atoms with Gasteiger partial charge in [0.25, 0.3) is 0 Å². The number of hydrogen-bond acceptors (Lipinski definition) is 19. The second-order valence-corrected chi connectivity index (χ2v) is 18.9. The lowest BCUT2D eigenvalue weighted by Gasteiger charge is -2.66. The average molecular weight is 871 g/mol. The molecule has 0 spiro atoms. The van der Waals surface area contributed by atoms with Gasteiger partial charge in [-0.15, -0.1) is 0 Å². The Bertz CT molecular complexity index is 1790. The Morgan fingerprint density at radius 1 is 0.672 bits per heavy atom. The molecule has 1 aromatic rings. The summed E-state index contributed by atoms with van der Waals surface area (Å²) < 4.78 is 40.1. The molecule has 22 atom stereocenters. The first-order valence-corrected chi connectivity index (χ1v) is 21.5. The van der Waals surface area contributed by atoms with Crippen LogP contribution in [0.15, 0.2) is 39.3 Å². The zero-order chi connectivity index (χ0) is 44.0. The predicted octanol–water partition coefficient (Wildman–Crippen LogP) is -2.22. The molecule has 0 amide bonds. The van der Waals surface area contributed by atoms with E-state index in [1.165, 1.54) is 12.3 Å². The SMILES string of the molecule is CC1OC(OC2C=C3CCC4C(O)(CCC5(C)C(c6ccc(=O)oc6)CCC45O)C3(C)CC2)C(O)C(O)C1OC1OC(CO)C(OC2OC(CO)C(O)C(O)C2O)C(O)C1O. The molecule has 0 aromatic carbocycles. The van der Waals surface area contributed by atoms with E-state index in [0.29, 0.717) is 51.4 Å². The van der Waals surface area contributed by atoms with Crippen LogP contribution in [0.4, 0.5) is 0 Å². The van der Waals surface area contributed by atoms with Gasteiger partial charge in [0.2, 0.25) is 0 Å². The minimum atomic E-state index is -1.88. The fourth-order valence-corrected chi connectivity index (χ4v) is 12.1. The van der Waals surface area contributed by atoms with Crippen molar-refractivity contribution in [2.45, 2.75) is 187 Å². The summed E-state index contributed by atoms with van der Waals surface area (Å²) in [5.74, 6) is -0.425. The van der Waals surface area contributed by atoms with Crippen molar-refractivity contribution in [2.75, 3.05) is 13.2 Å². The number of aliphatic hydroxyl groups is 11. The van der Waals surface area contributed by atoms with Gasteiger partial charge >= 0.3 is 5.63 Å². The van der Waals surface area contributed by atoms with Crippen LogP contribution in [0, 0.1) is 16.7 Å². The lowest BCUT2D eigenvalue weighted by molar-refractivity contribution is -0.378. The first-order chi connectivity index (χ1) is 28.8. The largest absolute Gasteiger partial charge is 0.431 e. The monoisotopic (exact) mass is 870 g/mol. The molecule has 1 aromatic heterocycles. The van der Waals surface area contributed by atoms with E-state index < -0.39 is 145 Å². The summed E-state index contributed by atoms with van der Waals surface area (Å²) in [4.78, 5) is 11.7. The predicted molar refractivity (Wildman–Crippen MR) is 205 cm³/mol. The fourth-order valence-electron chi connectivity index (χ4n) is 12.1. The molecule has 3 saturated heterocycles. The van der Waals surface area contributed by atoms with Crippen molar-refractivity contribution in [1.82, 2.24) is 0 Å². The quantitative estimate of drug-likeness (QED) is 0.117. The van der Waals surface area contributed by atoms with Crippen molar-refractivity contribution in [3.8, 4) is 0 Å². The molecule has 0 radical (unpaired) electrons. The third-order valence-corrected chi connectivity index (χ3v) is 15.9. The Hall–Kier alpha value is -1.99. The van der Waals surface area contributed by atoms with Crippen molar-refractivity contribution in [3.63, 3.8) is 0 Å². The lowest BCUT2D eigenvalue weighted by Crippen LogP contribution is -2.69. The molecule has 22 unspecified atom stereocenters. The van der Waals surface area contributed by atoms with E-state index in [4.69, 9.17) is 32.8 Å². The van der Waals surface area contributed by atoms with Crippen LogP contribution in [0.2, 0.25) is 0 Å². The van der Waals surface area contributed by atoms with Gasteiger partial charge in [-0.05, 0) is 75.8 Å². The average Bonchev–Trinajstić information content (AvgIpc) is 3.51. The maximum Gasteiger partial charge on any atom is 0.335 e. The van der Waals surface area contributed by atoms with Gasteiger partial charge in [0.05, 0.1) is 42.9 Å². The van der Waals surface area contributed by atoms with Crippen molar-refractivity contribution in [3.05, 3.63) is 46.0 Å². The third kappa shape index (κ3) is 7.29. The molecule has 3 saturated carbocycles. The van der Waals surface area contributed by atoms with Crippen molar-refractivity contribution in [1.29, 1.82) is 0 Å². The number of rotatable bonds is 9. The molecule has 344 valence electrons. The molecule has 19 heteroatoms. The van der Waals surface area contributed by atoms with Crippen LogP contribution < -0.4 is 5.63 Å². The number of ether oxygens (including phenoxy) is 6. The maximum absolute atomic E-state index is 12.7. The summed E-state index contributed by atoms with van der Waals surface area (Å²) in [6.07, 6.45) is -16.4. The molecular formula is C42H62O19. The smallest absolute Gasteiger partial charge is 0.335 e.